The molecule has 2 unspecified atom stereocenters. The number of thioether (sulfide) groups is 1. The first-order valence-corrected chi connectivity index (χ1v) is 15.7. The SMILES string of the molecule is COc1ccc(C(C)C)c(N2C(=O)CS/C2=N\C(=O)NC(C)C(C)c2ccc(-c3ncn(-c4ccc(OC(F)(F)F)cc4)n3)cc2)c1. The molecule has 2 heterocycles. The summed E-state index contributed by atoms with van der Waals surface area (Å²) < 4.78 is 48.1. The molecular formula is C33H33F3N6O4S. The first kappa shape index (κ1) is 33.5. The van der Waals surface area contributed by atoms with Gasteiger partial charge in [-0.1, -0.05) is 62.9 Å². The minimum Gasteiger partial charge on any atom is -0.497 e. The van der Waals surface area contributed by atoms with Crippen LogP contribution in [0.2, 0.25) is 0 Å². The summed E-state index contributed by atoms with van der Waals surface area (Å²) in [5.74, 6) is 0.764. The van der Waals surface area contributed by atoms with Crippen LogP contribution in [0.3, 0.4) is 0 Å². The lowest BCUT2D eigenvalue weighted by atomic mass is 9.93. The van der Waals surface area contributed by atoms with Gasteiger partial charge in [-0.25, -0.2) is 14.5 Å². The second kappa shape index (κ2) is 13.9. The lowest BCUT2D eigenvalue weighted by molar-refractivity contribution is -0.274. The Morgan fingerprint density at radius 1 is 1.00 bits per heavy atom. The number of ether oxygens (including phenoxy) is 2. The number of hydrogen-bond acceptors (Lipinski definition) is 7. The molecule has 4 aromatic rings. The molecule has 0 aliphatic carbocycles. The molecule has 1 aliphatic rings. The van der Waals surface area contributed by atoms with Crippen molar-refractivity contribution in [3.05, 3.63) is 84.2 Å². The molecule has 47 heavy (non-hydrogen) atoms. The number of halogens is 3. The molecule has 1 N–H and O–H groups in total. The quantitative estimate of drug-likeness (QED) is 0.200. The van der Waals surface area contributed by atoms with Crippen molar-refractivity contribution in [3.63, 3.8) is 0 Å². The predicted molar refractivity (Wildman–Crippen MR) is 174 cm³/mol. The zero-order valence-electron chi connectivity index (χ0n) is 26.3. The number of aromatic nitrogens is 3. The van der Waals surface area contributed by atoms with Gasteiger partial charge in [0, 0.05) is 23.6 Å². The molecule has 3 aromatic carbocycles. The van der Waals surface area contributed by atoms with E-state index in [0.29, 0.717) is 28.1 Å². The van der Waals surface area contributed by atoms with E-state index in [1.165, 1.54) is 51.9 Å². The van der Waals surface area contributed by atoms with Gasteiger partial charge in [-0.15, -0.1) is 18.3 Å². The maximum Gasteiger partial charge on any atom is 0.573 e. The fraction of sp³-hybridized carbons (Fsp3) is 0.303. The van der Waals surface area contributed by atoms with Gasteiger partial charge in [0.2, 0.25) is 5.91 Å². The monoisotopic (exact) mass is 666 g/mol. The number of carbonyl (C=O) groups is 2. The molecule has 1 aliphatic heterocycles. The molecule has 0 radical (unpaired) electrons. The number of aliphatic imine (C=N–C) groups is 1. The minimum absolute atomic E-state index is 0.0870. The normalized spacial score (nSPS) is 15.6. The lowest BCUT2D eigenvalue weighted by Gasteiger charge is -2.23. The topological polar surface area (TPSA) is 111 Å². The summed E-state index contributed by atoms with van der Waals surface area (Å²) in [5.41, 5.74) is 3.80. The van der Waals surface area contributed by atoms with E-state index in [4.69, 9.17) is 4.74 Å². The van der Waals surface area contributed by atoms with Crippen LogP contribution in [0, 0.1) is 0 Å². The van der Waals surface area contributed by atoms with Crippen LogP contribution >= 0.6 is 11.8 Å². The van der Waals surface area contributed by atoms with Gasteiger partial charge in [-0.2, -0.15) is 4.99 Å². The van der Waals surface area contributed by atoms with Crippen LogP contribution in [0.5, 0.6) is 11.5 Å². The Morgan fingerprint density at radius 3 is 2.32 bits per heavy atom. The zero-order chi connectivity index (χ0) is 33.9. The minimum atomic E-state index is -4.77. The Hall–Kier alpha value is -4.85. The molecule has 246 valence electrons. The number of hydrogen-bond donors (Lipinski definition) is 1. The zero-order valence-corrected chi connectivity index (χ0v) is 27.1. The summed E-state index contributed by atoms with van der Waals surface area (Å²) in [5, 5.41) is 7.69. The van der Waals surface area contributed by atoms with Crippen molar-refractivity contribution in [2.45, 2.75) is 51.9 Å². The number of benzene rings is 3. The van der Waals surface area contributed by atoms with Crippen LogP contribution in [-0.2, 0) is 4.79 Å². The molecule has 3 amide bonds. The third-order valence-corrected chi connectivity index (χ3v) is 8.61. The number of amides is 3. The van der Waals surface area contributed by atoms with E-state index < -0.39 is 12.4 Å². The number of nitrogens with one attached hydrogen (secondary N) is 1. The second-order valence-electron chi connectivity index (χ2n) is 11.2. The van der Waals surface area contributed by atoms with Crippen LogP contribution in [-0.4, -0.2) is 57.1 Å². The second-order valence-corrected chi connectivity index (χ2v) is 12.1. The van der Waals surface area contributed by atoms with Crippen molar-refractivity contribution in [1.82, 2.24) is 20.1 Å². The van der Waals surface area contributed by atoms with Crippen molar-refractivity contribution in [2.24, 2.45) is 4.99 Å². The average Bonchev–Trinajstić information content (AvgIpc) is 3.67. The van der Waals surface area contributed by atoms with Crippen LogP contribution in [0.15, 0.2) is 78.0 Å². The highest BCUT2D eigenvalue weighted by Crippen LogP contribution is 2.36. The standard InChI is InChI=1S/C33H33F3N6O4S/c1-19(2)27-15-14-26(45-5)16-28(27)42-29(43)17-47-32(42)39-31(44)38-21(4)20(3)22-6-8-23(9-7-22)30-37-18-41(40-30)24-10-12-25(13-11-24)46-33(34,35)36/h6-16,18-21H,17H2,1-5H3,(H,38,44)/b39-32-. The first-order valence-electron chi connectivity index (χ1n) is 14.7. The first-order chi connectivity index (χ1) is 22.3. The molecule has 10 nitrogen and oxygen atoms in total. The van der Waals surface area contributed by atoms with E-state index in [1.54, 1.807) is 13.2 Å². The van der Waals surface area contributed by atoms with E-state index in [1.807, 2.05) is 64.1 Å². The summed E-state index contributed by atoms with van der Waals surface area (Å²) in [6.07, 6.45) is -3.29. The number of carbonyl (C=O) groups excluding carboxylic acids is 2. The van der Waals surface area contributed by atoms with Crippen molar-refractivity contribution < 1.29 is 32.2 Å². The Balaban J connectivity index is 1.24. The molecule has 1 aromatic heterocycles. The number of methoxy groups -OCH3 is 1. The smallest absolute Gasteiger partial charge is 0.497 e. The third-order valence-electron chi connectivity index (χ3n) is 7.69. The summed E-state index contributed by atoms with van der Waals surface area (Å²) in [6.45, 7) is 7.93. The van der Waals surface area contributed by atoms with Gasteiger partial charge in [0.1, 0.15) is 17.8 Å². The number of alkyl halides is 3. The molecule has 0 saturated carbocycles. The summed E-state index contributed by atoms with van der Waals surface area (Å²) >= 11 is 1.21. The number of nitrogens with zero attached hydrogens (tertiary/aromatic N) is 5. The molecule has 1 saturated heterocycles. The highest BCUT2D eigenvalue weighted by Gasteiger charge is 2.33. The van der Waals surface area contributed by atoms with E-state index in [9.17, 15) is 22.8 Å². The van der Waals surface area contributed by atoms with Gasteiger partial charge in [-0.05, 0) is 54.3 Å². The molecule has 0 spiro atoms. The molecular weight excluding hydrogens is 633 g/mol. The molecule has 14 heteroatoms. The van der Waals surface area contributed by atoms with Crippen molar-refractivity contribution >= 4 is 34.6 Å². The summed E-state index contributed by atoms with van der Waals surface area (Å²) in [4.78, 5) is 36.1. The van der Waals surface area contributed by atoms with Crippen LogP contribution < -0.4 is 19.7 Å². The van der Waals surface area contributed by atoms with Gasteiger partial charge in [-0.3, -0.25) is 9.69 Å². The van der Waals surface area contributed by atoms with Crippen LogP contribution in [0.1, 0.15) is 50.7 Å². The number of urea groups is 1. The van der Waals surface area contributed by atoms with E-state index in [-0.39, 0.29) is 35.3 Å². The predicted octanol–water partition coefficient (Wildman–Crippen LogP) is 7.30. The molecule has 0 bridgehead atoms. The Bertz CT molecular complexity index is 1770. The number of rotatable bonds is 9. The van der Waals surface area contributed by atoms with Gasteiger partial charge >= 0.3 is 12.4 Å². The Labute approximate surface area is 274 Å². The fourth-order valence-electron chi connectivity index (χ4n) is 5.00. The molecule has 5 rings (SSSR count). The summed E-state index contributed by atoms with van der Waals surface area (Å²) in [7, 11) is 1.56. The lowest BCUT2D eigenvalue weighted by Crippen LogP contribution is -2.36. The van der Waals surface area contributed by atoms with Crippen LogP contribution in [0.4, 0.5) is 23.7 Å². The fourth-order valence-corrected chi connectivity index (χ4v) is 5.86. The molecule has 1 fully saturated rings. The van der Waals surface area contributed by atoms with Gasteiger partial charge in [0.05, 0.1) is 24.2 Å². The highest BCUT2D eigenvalue weighted by atomic mass is 32.2. The van der Waals surface area contributed by atoms with Gasteiger partial charge in [0.15, 0.2) is 11.0 Å². The highest BCUT2D eigenvalue weighted by molar-refractivity contribution is 8.15. The third kappa shape index (κ3) is 7.94. The Kier molecular flexibility index (Phi) is 9.89. The van der Waals surface area contributed by atoms with Crippen molar-refractivity contribution in [2.75, 3.05) is 17.8 Å². The van der Waals surface area contributed by atoms with E-state index >= 15 is 0 Å². The molecule has 2 atom stereocenters. The van der Waals surface area contributed by atoms with Crippen LogP contribution in [0.25, 0.3) is 17.1 Å². The van der Waals surface area contributed by atoms with Gasteiger partial charge in [0.25, 0.3) is 0 Å². The van der Waals surface area contributed by atoms with Crippen molar-refractivity contribution in [3.8, 4) is 28.6 Å². The number of amidine groups is 1. The Morgan fingerprint density at radius 2 is 1.68 bits per heavy atom. The van der Waals surface area contributed by atoms with E-state index in [0.717, 1.165) is 16.7 Å². The maximum atomic E-state index is 13.1. The largest absolute Gasteiger partial charge is 0.573 e. The van der Waals surface area contributed by atoms with Gasteiger partial charge < -0.3 is 14.8 Å². The maximum absolute atomic E-state index is 13.1. The average molecular weight is 667 g/mol. The number of anilines is 1. The summed E-state index contributed by atoms with van der Waals surface area (Å²) in [6, 6.07) is 17.6. The van der Waals surface area contributed by atoms with Crippen molar-refractivity contribution in [1.29, 1.82) is 0 Å². The van der Waals surface area contributed by atoms with E-state index in [2.05, 4.69) is 25.1 Å².